The fraction of sp³-hybridized carbons (Fsp3) is 0.429. The van der Waals surface area contributed by atoms with Crippen LogP contribution in [0.2, 0.25) is 0 Å². The van der Waals surface area contributed by atoms with Crippen LogP contribution in [0.25, 0.3) is 0 Å². The Morgan fingerprint density at radius 1 is 1.08 bits per heavy atom. The van der Waals surface area contributed by atoms with E-state index in [1.807, 2.05) is 6.07 Å². The quantitative estimate of drug-likeness (QED) is 0.357. The van der Waals surface area contributed by atoms with Crippen LogP contribution in [0.15, 0.2) is 42.5 Å². The zero-order valence-electron chi connectivity index (χ0n) is 15.4. The molecule has 0 heterocycles. The first-order chi connectivity index (χ1) is 11.5. The van der Waals surface area contributed by atoms with E-state index < -0.39 is 0 Å². The number of halogens is 1. The predicted molar refractivity (Wildman–Crippen MR) is 95.8 cm³/mol. The number of alkyl halides is 1. The number of methoxy groups -OCH3 is 1. The summed E-state index contributed by atoms with van der Waals surface area (Å²) in [6.07, 6.45) is 2.20. The number of hydrogen-bond acceptors (Lipinski definition) is 2. The fourth-order valence-corrected chi connectivity index (χ4v) is 6.39. The molecule has 0 amide bonds. The molecule has 3 heteroatoms. The summed E-state index contributed by atoms with van der Waals surface area (Å²) < 4.78 is 12.6. The third kappa shape index (κ3) is 4.51. The number of benzene rings is 2. The minimum atomic E-state index is -0.196. The van der Waals surface area contributed by atoms with E-state index in [-0.39, 0.29) is 24.6 Å². The normalized spacial score (nSPS) is 13.7. The molecule has 0 bridgehead atoms. The first-order valence-corrected chi connectivity index (χ1v) is 10.7. The molecule has 132 valence electrons. The Hall–Kier alpha value is -1.07. The molecule has 2 aromatic carbocycles. The second kappa shape index (κ2) is 8.86. The third-order valence-electron chi connectivity index (χ3n) is 4.34. The van der Waals surface area contributed by atoms with Gasteiger partial charge >= 0.3 is 157 Å². The molecule has 1 atom stereocenters. The number of hydrogen-bond donors (Lipinski definition) is 0. The van der Waals surface area contributed by atoms with Crippen LogP contribution >= 0.6 is 0 Å². The van der Waals surface area contributed by atoms with Crippen LogP contribution in [-0.4, -0.2) is 13.9 Å². The molecule has 0 saturated heterocycles. The summed E-state index contributed by atoms with van der Waals surface area (Å²) >= 11 is -0.196. The van der Waals surface area contributed by atoms with E-state index in [4.69, 9.17) is 9.47 Å². The topological polar surface area (TPSA) is 18.5 Å². The van der Waals surface area contributed by atoms with Gasteiger partial charge in [-0.15, -0.1) is 0 Å². The summed E-state index contributed by atoms with van der Waals surface area (Å²) in [6.45, 7) is 9.39. The van der Waals surface area contributed by atoms with Crippen LogP contribution in [0.5, 0.6) is 5.75 Å². The van der Waals surface area contributed by atoms with Crippen molar-refractivity contribution in [2.75, 3.05) is 13.9 Å². The molecule has 0 aromatic heterocycles. The monoisotopic (exact) mass is 439 g/mol. The Morgan fingerprint density at radius 3 is 2.50 bits per heavy atom. The van der Waals surface area contributed by atoms with Gasteiger partial charge in [-0.25, -0.2) is 0 Å². The average molecular weight is 439 g/mol. The summed E-state index contributed by atoms with van der Waals surface area (Å²) in [6, 6.07) is 15.4. The summed E-state index contributed by atoms with van der Waals surface area (Å²) in [7, 11) is 1.66. The molecular weight excluding hydrogens is 411 g/mol. The summed E-state index contributed by atoms with van der Waals surface area (Å²) in [5.74, 6) is 0.952. The van der Waals surface area contributed by atoms with Gasteiger partial charge in [-0.05, 0) is 0 Å². The summed E-state index contributed by atoms with van der Waals surface area (Å²) in [5, 5.41) is 0. The Morgan fingerprint density at radius 2 is 1.83 bits per heavy atom. The van der Waals surface area contributed by atoms with Gasteiger partial charge in [0.05, 0.1) is 0 Å². The molecule has 0 aliphatic rings. The van der Waals surface area contributed by atoms with Gasteiger partial charge in [-0.3, -0.25) is 0 Å². The van der Waals surface area contributed by atoms with Gasteiger partial charge in [0.15, 0.2) is 0 Å². The standard InChI is InChI=1S/C21H28IO2/c1-6-17-14-16(3)12-13-19(17)22-21(4,7-2)18-10-8-9-11-20(18)24-15-23-5/h8-14H,6-7,15H2,1-5H3/q-1. The Kier molecular flexibility index (Phi) is 7.11. The van der Waals surface area contributed by atoms with Crippen LogP contribution in [-0.2, 0) is 14.6 Å². The van der Waals surface area contributed by atoms with E-state index >= 15 is 0 Å². The molecule has 0 aliphatic carbocycles. The minimum absolute atomic E-state index is 0.141. The van der Waals surface area contributed by atoms with Crippen LogP contribution in [0.3, 0.4) is 0 Å². The van der Waals surface area contributed by atoms with Gasteiger partial charge in [-0.1, -0.05) is 0 Å². The Bertz CT molecular complexity index is 669. The number of ether oxygens (including phenoxy) is 2. The van der Waals surface area contributed by atoms with Crippen molar-refractivity contribution in [1.82, 2.24) is 0 Å². The zero-order valence-corrected chi connectivity index (χ0v) is 17.5. The van der Waals surface area contributed by atoms with Crippen molar-refractivity contribution in [2.45, 2.75) is 44.0 Å². The van der Waals surface area contributed by atoms with Gasteiger partial charge in [0.1, 0.15) is 0 Å². The van der Waals surface area contributed by atoms with Crippen molar-refractivity contribution in [3.63, 3.8) is 0 Å². The molecule has 2 aromatic rings. The van der Waals surface area contributed by atoms with Crippen LogP contribution in [0.1, 0.15) is 43.9 Å². The van der Waals surface area contributed by atoms with Gasteiger partial charge in [0, 0.05) is 0 Å². The van der Waals surface area contributed by atoms with Crippen LogP contribution in [0, 0.1) is 10.5 Å². The second-order valence-corrected chi connectivity index (χ2v) is 10.2. The molecule has 0 spiro atoms. The van der Waals surface area contributed by atoms with E-state index in [0.717, 1.165) is 18.6 Å². The molecule has 0 radical (unpaired) electrons. The van der Waals surface area contributed by atoms with Crippen molar-refractivity contribution in [2.24, 2.45) is 0 Å². The number of aryl methyl sites for hydroxylation is 2. The molecule has 24 heavy (non-hydrogen) atoms. The number of rotatable bonds is 8. The summed E-state index contributed by atoms with van der Waals surface area (Å²) in [5.41, 5.74) is 4.15. The zero-order chi connectivity index (χ0) is 17.6. The van der Waals surface area contributed by atoms with Crippen molar-refractivity contribution >= 4 is 0 Å². The SMILES string of the molecule is CCc1cc(C)ccc1[I-]C(C)(CC)c1ccccc1OCOC. The molecule has 0 aliphatic heterocycles. The molecule has 2 rings (SSSR count). The first kappa shape index (κ1) is 19.3. The van der Waals surface area contributed by atoms with E-state index in [2.05, 4.69) is 64.1 Å². The van der Waals surface area contributed by atoms with Crippen molar-refractivity contribution in [1.29, 1.82) is 0 Å². The van der Waals surface area contributed by atoms with Crippen LogP contribution < -0.4 is 25.9 Å². The third-order valence-corrected chi connectivity index (χ3v) is 8.51. The molecular formula is C21H28IO2-. The van der Waals surface area contributed by atoms with Crippen molar-refractivity contribution in [3.05, 3.63) is 62.7 Å². The molecule has 0 saturated carbocycles. The van der Waals surface area contributed by atoms with Crippen molar-refractivity contribution < 1.29 is 30.7 Å². The van der Waals surface area contributed by atoms with E-state index in [9.17, 15) is 0 Å². The molecule has 0 fully saturated rings. The second-order valence-electron chi connectivity index (χ2n) is 6.14. The average Bonchev–Trinajstić information content (AvgIpc) is 2.61. The van der Waals surface area contributed by atoms with Gasteiger partial charge in [0.2, 0.25) is 0 Å². The van der Waals surface area contributed by atoms with Crippen LogP contribution in [0.4, 0.5) is 0 Å². The Balaban J connectivity index is 2.39. The van der Waals surface area contributed by atoms with Gasteiger partial charge in [0.25, 0.3) is 0 Å². The fourth-order valence-electron chi connectivity index (χ4n) is 2.75. The predicted octanol–water partition coefficient (Wildman–Crippen LogP) is 2.12. The first-order valence-electron chi connectivity index (χ1n) is 8.50. The molecule has 1 unspecified atom stereocenters. The van der Waals surface area contributed by atoms with E-state index in [1.165, 1.54) is 16.7 Å². The van der Waals surface area contributed by atoms with Crippen molar-refractivity contribution in [3.8, 4) is 5.75 Å². The maximum absolute atomic E-state index is 5.84. The van der Waals surface area contributed by atoms with Gasteiger partial charge < -0.3 is 0 Å². The molecule has 0 N–H and O–H groups in total. The van der Waals surface area contributed by atoms with E-state index in [1.54, 1.807) is 10.7 Å². The maximum atomic E-state index is 5.84. The van der Waals surface area contributed by atoms with Gasteiger partial charge in [-0.2, -0.15) is 0 Å². The van der Waals surface area contributed by atoms with E-state index in [0.29, 0.717) is 6.79 Å². The number of para-hydroxylation sites is 1. The Labute approximate surface area is 156 Å². The summed E-state index contributed by atoms with van der Waals surface area (Å²) in [4.78, 5) is 0. The molecule has 2 nitrogen and oxygen atoms in total.